The van der Waals surface area contributed by atoms with Crippen molar-refractivity contribution in [2.24, 2.45) is 0 Å². The molecule has 96 valence electrons. The molecule has 0 aromatic heterocycles. The van der Waals surface area contributed by atoms with Gasteiger partial charge in [0.1, 0.15) is 0 Å². The van der Waals surface area contributed by atoms with Gasteiger partial charge in [0.15, 0.2) is 0 Å². The fraction of sp³-hybridized carbons (Fsp3) is 1.00. The molecule has 1 unspecified atom stereocenters. The molecule has 1 fully saturated rings. The lowest BCUT2D eigenvalue weighted by molar-refractivity contribution is -0.0374. The molecular weight excluding hydrogens is 206 g/mol. The van der Waals surface area contributed by atoms with Crippen LogP contribution in [0.1, 0.15) is 26.7 Å². The van der Waals surface area contributed by atoms with Gasteiger partial charge in [0, 0.05) is 19.7 Å². The monoisotopic (exact) mass is 231 g/mol. The van der Waals surface area contributed by atoms with Crippen LogP contribution in [0.3, 0.4) is 0 Å². The molecule has 0 heterocycles. The molecule has 0 saturated heterocycles. The van der Waals surface area contributed by atoms with Crippen LogP contribution in [0.4, 0.5) is 0 Å². The molecule has 1 aliphatic rings. The van der Waals surface area contributed by atoms with Gasteiger partial charge < -0.3 is 19.5 Å². The number of rotatable bonds is 10. The predicted octanol–water partition coefficient (Wildman–Crippen LogP) is 1.19. The molecule has 0 amide bonds. The summed E-state index contributed by atoms with van der Waals surface area (Å²) in [6.07, 6.45) is 3.02. The Morgan fingerprint density at radius 1 is 1.19 bits per heavy atom. The Hall–Kier alpha value is -0.160. The van der Waals surface area contributed by atoms with Crippen LogP contribution in [-0.2, 0) is 14.2 Å². The van der Waals surface area contributed by atoms with Crippen molar-refractivity contribution in [2.75, 3.05) is 33.5 Å². The van der Waals surface area contributed by atoms with E-state index in [1.54, 1.807) is 7.11 Å². The van der Waals surface area contributed by atoms with E-state index in [1.165, 1.54) is 12.8 Å². The van der Waals surface area contributed by atoms with Crippen molar-refractivity contribution in [3.8, 4) is 0 Å². The largest absolute Gasteiger partial charge is 0.382 e. The van der Waals surface area contributed by atoms with Gasteiger partial charge in [0.25, 0.3) is 0 Å². The van der Waals surface area contributed by atoms with Crippen LogP contribution in [0.25, 0.3) is 0 Å². The van der Waals surface area contributed by atoms with E-state index in [0.717, 1.165) is 12.6 Å². The summed E-state index contributed by atoms with van der Waals surface area (Å²) in [5.41, 5.74) is 0. The third-order valence-electron chi connectivity index (χ3n) is 2.45. The molecule has 16 heavy (non-hydrogen) atoms. The maximum Gasteiger partial charge on any atom is 0.0933 e. The van der Waals surface area contributed by atoms with Gasteiger partial charge >= 0.3 is 0 Å². The molecule has 1 saturated carbocycles. The van der Waals surface area contributed by atoms with Crippen molar-refractivity contribution in [1.29, 1.82) is 0 Å². The van der Waals surface area contributed by atoms with Crippen molar-refractivity contribution < 1.29 is 14.2 Å². The van der Waals surface area contributed by atoms with Crippen molar-refractivity contribution >= 4 is 0 Å². The normalized spacial score (nSPS) is 18.0. The first-order valence-corrected chi connectivity index (χ1v) is 6.18. The van der Waals surface area contributed by atoms with Crippen molar-refractivity contribution in [1.82, 2.24) is 5.32 Å². The summed E-state index contributed by atoms with van der Waals surface area (Å²) in [6.45, 7) is 6.87. The highest BCUT2D eigenvalue weighted by atomic mass is 16.5. The molecule has 1 rings (SSSR count). The van der Waals surface area contributed by atoms with Crippen molar-refractivity contribution in [2.45, 2.75) is 44.9 Å². The molecule has 1 aliphatic carbocycles. The third kappa shape index (κ3) is 7.17. The first kappa shape index (κ1) is 13.9. The van der Waals surface area contributed by atoms with E-state index in [-0.39, 0.29) is 12.2 Å². The Kier molecular flexibility index (Phi) is 6.96. The predicted molar refractivity (Wildman–Crippen MR) is 63.7 cm³/mol. The van der Waals surface area contributed by atoms with Gasteiger partial charge in [-0.2, -0.15) is 0 Å². The second kappa shape index (κ2) is 8.01. The van der Waals surface area contributed by atoms with Gasteiger partial charge in [-0.3, -0.25) is 0 Å². The molecule has 4 heteroatoms. The van der Waals surface area contributed by atoms with Gasteiger partial charge in [-0.25, -0.2) is 0 Å². The Labute approximate surface area is 98.6 Å². The van der Waals surface area contributed by atoms with Crippen molar-refractivity contribution in [3.63, 3.8) is 0 Å². The summed E-state index contributed by atoms with van der Waals surface area (Å²) in [5, 5.41) is 3.45. The Balaban J connectivity index is 2.01. The average Bonchev–Trinajstić information content (AvgIpc) is 3.04. The van der Waals surface area contributed by atoms with Crippen LogP contribution in [0.2, 0.25) is 0 Å². The minimum absolute atomic E-state index is 0.140. The molecular formula is C12H25NO3. The SMILES string of the molecule is COCC(CNC1CC1)OCCOC(C)C. The first-order chi connectivity index (χ1) is 7.72. The van der Waals surface area contributed by atoms with Gasteiger partial charge in [-0.15, -0.1) is 0 Å². The number of nitrogens with one attached hydrogen (secondary N) is 1. The maximum atomic E-state index is 5.70. The Bertz CT molecular complexity index is 172. The lowest BCUT2D eigenvalue weighted by atomic mass is 10.3. The molecule has 0 bridgehead atoms. The van der Waals surface area contributed by atoms with Gasteiger partial charge in [0.05, 0.1) is 32.0 Å². The number of ether oxygens (including phenoxy) is 3. The van der Waals surface area contributed by atoms with E-state index in [4.69, 9.17) is 14.2 Å². The minimum atomic E-state index is 0.140. The fourth-order valence-electron chi connectivity index (χ4n) is 1.44. The zero-order chi connectivity index (χ0) is 11.8. The van der Waals surface area contributed by atoms with Crippen LogP contribution >= 0.6 is 0 Å². The lowest BCUT2D eigenvalue weighted by Crippen LogP contribution is -2.34. The summed E-state index contributed by atoms with van der Waals surface area (Å²) in [4.78, 5) is 0. The van der Waals surface area contributed by atoms with Crippen LogP contribution in [0.5, 0.6) is 0 Å². The van der Waals surface area contributed by atoms with Crippen molar-refractivity contribution in [3.05, 3.63) is 0 Å². The Morgan fingerprint density at radius 2 is 1.88 bits per heavy atom. The molecule has 0 spiro atoms. The number of methoxy groups -OCH3 is 1. The number of hydrogen-bond acceptors (Lipinski definition) is 4. The fourth-order valence-corrected chi connectivity index (χ4v) is 1.44. The molecule has 4 nitrogen and oxygen atoms in total. The first-order valence-electron chi connectivity index (χ1n) is 6.18. The standard InChI is InChI=1S/C12H25NO3/c1-10(2)15-6-7-16-12(9-14-3)8-13-11-4-5-11/h10-13H,4-9H2,1-3H3. The number of hydrogen-bond donors (Lipinski definition) is 1. The van der Waals surface area contributed by atoms with E-state index in [9.17, 15) is 0 Å². The minimum Gasteiger partial charge on any atom is -0.382 e. The smallest absolute Gasteiger partial charge is 0.0933 e. The quantitative estimate of drug-likeness (QED) is 0.573. The second-order valence-electron chi connectivity index (χ2n) is 4.55. The third-order valence-corrected chi connectivity index (χ3v) is 2.45. The van der Waals surface area contributed by atoms with Crippen LogP contribution in [0, 0.1) is 0 Å². The zero-order valence-corrected chi connectivity index (χ0v) is 10.7. The molecule has 0 aromatic rings. The lowest BCUT2D eigenvalue weighted by Gasteiger charge is -2.18. The summed E-state index contributed by atoms with van der Waals surface area (Å²) in [7, 11) is 1.71. The van der Waals surface area contributed by atoms with Gasteiger partial charge in [-0.1, -0.05) is 0 Å². The van der Waals surface area contributed by atoms with Crippen LogP contribution in [-0.4, -0.2) is 51.7 Å². The summed E-state index contributed by atoms with van der Waals surface area (Å²) in [6, 6.07) is 0.717. The van der Waals surface area contributed by atoms with Gasteiger partial charge in [-0.05, 0) is 26.7 Å². The highest BCUT2D eigenvalue weighted by Gasteiger charge is 2.22. The van der Waals surface area contributed by atoms with E-state index >= 15 is 0 Å². The molecule has 0 aromatic carbocycles. The van der Waals surface area contributed by atoms with E-state index in [2.05, 4.69) is 5.32 Å². The summed E-state index contributed by atoms with van der Waals surface area (Å²) < 4.78 is 16.2. The Morgan fingerprint density at radius 3 is 2.44 bits per heavy atom. The zero-order valence-electron chi connectivity index (χ0n) is 10.7. The molecule has 1 atom stereocenters. The summed E-state index contributed by atoms with van der Waals surface area (Å²) >= 11 is 0. The maximum absolute atomic E-state index is 5.70. The highest BCUT2D eigenvalue weighted by molar-refractivity contribution is 4.82. The van der Waals surface area contributed by atoms with Gasteiger partial charge in [0.2, 0.25) is 0 Å². The average molecular weight is 231 g/mol. The second-order valence-corrected chi connectivity index (χ2v) is 4.55. The van der Waals surface area contributed by atoms with E-state index < -0.39 is 0 Å². The topological polar surface area (TPSA) is 39.7 Å². The van der Waals surface area contributed by atoms with Crippen LogP contribution in [0.15, 0.2) is 0 Å². The summed E-state index contributed by atoms with van der Waals surface area (Å²) in [5.74, 6) is 0. The molecule has 1 N–H and O–H groups in total. The highest BCUT2D eigenvalue weighted by Crippen LogP contribution is 2.18. The van der Waals surface area contributed by atoms with E-state index in [0.29, 0.717) is 19.8 Å². The van der Waals surface area contributed by atoms with E-state index in [1.807, 2.05) is 13.8 Å². The van der Waals surface area contributed by atoms with Crippen LogP contribution < -0.4 is 5.32 Å². The molecule has 0 radical (unpaired) electrons. The molecule has 0 aliphatic heterocycles.